The minimum Gasteiger partial charge on any atom is -0.395 e. The number of aliphatic hydroxyl groups excluding tert-OH is 1. The molecule has 0 aromatic rings. The minimum atomic E-state index is 0.0127. The van der Waals surface area contributed by atoms with E-state index in [-0.39, 0.29) is 12.5 Å². The van der Waals surface area contributed by atoms with Gasteiger partial charge in [0.25, 0.3) is 0 Å². The third-order valence-electron chi connectivity index (χ3n) is 2.02. The van der Waals surface area contributed by atoms with Crippen LogP contribution in [0, 0.1) is 0 Å². The zero-order valence-corrected chi connectivity index (χ0v) is 9.54. The zero-order valence-electron chi connectivity index (χ0n) is 9.54. The molecule has 0 bridgehead atoms. The van der Waals surface area contributed by atoms with Gasteiger partial charge in [0.15, 0.2) is 0 Å². The maximum absolute atomic E-state index is 11.4. The van der Waals surface area contributed by atoms with Gasteiger partial charge in [0.1, 0.15) is 0 Å². The normalized spacial score (nSPS) is 10.3. The second-order valence-electron chi connectivity index (χ2n) is 3.45. The average molecular weight is 214 g/mol. The van der Waals surface area contributed by atoms with Gasteiger partial charge in [-0.2, -0.15) is 0 Å². The number of amides is 1. The lowest BCUT2D eigenvalue weighted by Crippen LogP contribution is -2.39. The van der Waals surface area contributed by atoms with Crippen molar-refractivity contribution in [3.8, 4) is 0 Å². The minimum absolute atomic E-state index is 0.0127. The van der Waals surface area contributed by atoms with Gasteiger partial charge in [-0.15, -0.1) is 6.58 Å². The number of nitrogens with one attached hydrogen (secondary N) is 1. The van der Waals surface area contributed by atoms with E-state index in [2.05, 4.69) is 18.8 Å². The number of aliphatic hydroxyl groups is 1. The number of nitrogens with zero attached hydrogens (tertiary/aromatic N) is 1. The van der Waals surface area contributed by atoms with Gasteiger partial charge >= 0.3 is 0 Å². The molecule has 0 aromatic heterocycles. The van der Waals surface area contributed by atoms with E-state index in [9.17, 15) is 4.79 Å². The Bertz CT molecular complexity index is 183. The number of carbonyl (C=O) groups is 1. The largest absolute Gasteiger partial charge is 0.395 e. The summed E-state index contributed by atoms with van der Waals surface area (Å²) in [5.41, 5.74) is 0. The van der Waals surface area contributed by atoms with Crippen LogP contribution in [0.15, 0.2) is 12.7 Å². The predicted octanol–water partition coefficient (Wildman–Crippen LogP) is 0.383. The van der Waals surface area contributed by atoms with E-state index in [0.29, 0.717) is 19.6 Å². The number of hydrogen-bond acceptors (Lipinski definition) is 3. The fourth-order valence-electron chi connectivity index (χ4n) is 1.22. The number of carbonyl (C=O) groups excluding carboxylic acids is 1. The molecule has 4 heteroatoms. The van der Waals surface area contributed by atoms with E-state index in [1.165, 1.54) is 0 Å². The first-order chi connectivity index (χ1) is 7.24. The highest BCUT2D eigenvalue weighted by molar-refractivity contribution is 5.77. The first-order valence-electron chi connectivity index (χ1n) is 5.45. The van der Waals surface area contributed by atoms with Crippen LogP contribution in [0.5, 0.6) is 0 Å². The monoisotopic (exact) mass is 214 g/mol. The summed E-state index contributed by atoms with van der Waals surface area (Å²) < 4.78 is 0. The smallest absolute Gasteiger partial charge is 0.234 e. The van der Waals surface area contributed by atoms with Gasteiger partial charge in [-0.25, -0.2) is 0 Å². The lowest BCUT2D eigenvalue weighted by molar-refractivity contribution is -0.122. The summed E-state index contributed by atoms with van der Waals surface area (Å²) in [5, 5.41) is 11.6. The maximum Gasteiger partial charge on any atom is 0.234 e. The second kappa shape index (κ2) is 9.68. The van der Waals surface area contributed by atoms with Gasteiger partial charge in [-0.05, 0) is 6.42 Å². The Hall–Kier alpha value is -0.870. The van der Waals surface area contributed by atoms with Crippen LogP contribution in [0.3, 0.4) is 0 Å². The summed E-state index contributed by atoms with van der Waals surface area (Å²) >= 11 is 0. The maximum atomic E-state index is 11.4. The van der Waals surface area contributed by atoms with Crippen molar-refractivity contribution in [2.45, 2.75) is 19.8 Å². The highest BCUT2D eigenvalue weighted by Crippen LogP contribution is 1.89. The predicted molar refractivity (Wildman–Crippen MR) is 61.6 cm³/mol. The molecule has 88 valence electrons. The Kier molecular flexibility index (Phi) is 9.11. The van der Waals surface area contributed by atoms with E-state index in [1.807, 2.05) is 4.90 Å². The fraction of sp³-hybridized carbons (Fsp3) is 0.727. The molecular formula is C11H22N2O2. The molecule has 0 radical (unpaired) electrons. The fourth-order valence-corrected chi connectivity index (χ4v) is 1.22. The van der Waals surface area contributed by atoms with Crippen LogP contribution in [0.2, 0.25) is 0 Å². The molecule has 0 heterocycles. The van der Waals surface area contributed by atoms with Crippen molar-refractivity contribution in [3.63, 3.8) is 0 Å². The molecule has 0 aliphatic rings. The highest BCUT2D eigenvalue weighted by Gasteiger charge is 2.07. The Morgan fingerprint density at radius 1 is 1.60 bits per heavy atom. The molecule has 0 saturated carbocycles. The molecule has 0 spiro atoms. The van der Waals surface area contributed by atoms with Crippen LogP contribution in [-0.4, -0.2) is 48.7 Å². The Labute approximate surface area is 92.0 Å². The molecule has 0 unspecified atom stereocenters. The van der Waals surface area contributed by atoms with Crippen LogP contribution in [0.25, 0.3) is 0 Å². The van der Waals surface area contributed by atoms with Crippen molar-refractivity contribution < 1.29 is 9.90 Å². The number of rotatable bonds is 9. The van der Waals surface area contributed by atoms with Crippen LogP contribution in [0.1, 0.15) is 19.8 Å². The van der Waals surface area contributed by atoms with Crippen molar-refractivity contribution in [1.82, 2.24) is 10.2 Å². The quantitative estimate of drug-likeness (QED) is 0.431. The lowest BCUT2D eigenvalue weighted by Gasteiger charge is -2.18. The van der Waals surface area contributed by atoms with Gasteiger partial charge < -0.3 is 10.4 Å². The summed E-state index contributed by atoms with van der Waals surface area (Å²) in [4.78, 5) is 13.3. The number of unbranched alkanes of at least 4 members (excludes halogenated alkanes) is 1. The molecule has 0 aliphatic heterocycles. The van der Waals surface area contributed by atoms with Crippen molar-refractivity contribution >= 4 is 5.91 Å². The third-order valence-corrected chi connectivity index (χ3v) is 2.02. The van der Waals surface area contributed by atoms with Gasteiger partial charge in [-0.1, -0.05) is 19.4 Å². The van der Waals surface area contributed by atoms with E-state index in [0.717, 1.165) is 19.4 Å². The molecule has 15 heavy (non-hydrogen) atoms. The molecule has 0 aliphatic carbocycles. The van der Waals surface area contributed by atoms with Crippen LogP contribution >= 0.6 is 0 Å². The van der Waals surface area contributed by atoms with Crippen molar-refractivity contribution in [2.75, 3.05) is 32.8 Å². The molecule has 0 aromatic carbocycles. The van der Waals surface area contributed by atoms with Crippen molar-refractivity contribution in [1.29, 1.82) is 0 Å². The first-order valence-corrected chi connectivity index (χ1v) is 5.45. The lowest BCUT2D eigenvalue weighted by atomic mass is 10.3. The van der Waals surface area contributed by atoms with Crippen LogP contribution < -0.4 is 5.32 Å². The van der Waals surface area contributed by atoms with Gasteiger partial charge in [0.05, 0.1) is 13.2 Å². The SMILES string of the molecule is C=CCN(CCO)CC(=O)NCCCC. The molecular weight excluding hydrogens is 192 g/mol. The van der Waals surface area contributed by atoms with Crippen molar-refractivity contribution in [2.24, 2.45) is 0 Å². The molecule has 4 nitrogen and oxygen atoms in total. The third kappa shape index (κ3) is 8.15. The zero-order chi connectivity index (χ0) is 11.5. The Morgan fingerprint density at radius 3 is 2.87 bits per heavy atom. The number of hydrogen-bond donors (Lipinski definition) is 2. The Morgan fingerprint density at radius 2 is 2.33 bits per heavy atom. The van der Waals surface area contributed by atoms with Gasteiger partial charge in [0.2, 0.25) is 5.91 Å². The molecule has 0 fully saturated rings. The summed E-state index contributed by atoms with van der Waals surface area (Å²) in [6.45, 7) is 7.96. The summed E-state index contributed by atoms with van der Waals surface area (Å²) in [6, 6.07) is 0. The standard InChI is InChI=1S/C11H22N2O2/c1-3-5-6-12-11(15)10-13(7-4-2)8-9-14/h4,14H,2-3,5-10H2,1H3,(H,12,15). The summed E-state index contributed by atoms with van der Waals surface area (Å²) in [7, 11) is 0. The summed E-state index contributed by atoms with van der Waals surface area (Å²) in [5.74, 6) is 0.0127. The van der Waals surface area contributed by atoms with E-state index < -0.39 is 0 Å². The molecule has 0 rings (SSSR count). The van der Waals surface area contributed by atoms with E-state index in [4.69, 9.17) is 5.11 Å². The van der Waals surface area contributed by atoms with Gasteiger partial charge in [-0.3, -0.25) is 9.69 Å². The topological polar surface area (TPSA) is 52.6 Å². The Balaban J connectivity index is 3.72. The molecule has 0 atom stereocenters. The molecule has 0 saturated heterocycles. The van der Waals surface area contributed by atoms with Gasteiger partial charge in [0, 0.05) is 19.6 Å². The van der Waals surface area contributed by atoms with E-state index in [1.54, 1.807) is 6.08 Å². The first kappa shape index (κ1) is 14.1. The average Bonchev–Trinajstić information content (AvgIpc) is 2.19. The van der Waals surface area contributed by atoms with Crippen molar-refractivity contribution in [3.05, 3.63) is 12.7 Å². The second-order valence-corrected chi connectivity index (χ2v) is 3.45. The van der Waals surface area contributed by atoms with Crippen LogP contribution in [0.4, 0.5) is 0 Å². The summed E-state index contributed by atoms with van der Waals surface area (Å²) in [6.07, 6.45) is 3.81. The molecule has 2 N–H and O–H groups in total. The highest BCUT2D eigenvalue weighted by atomic mass is 16.3. The molecule has 1 amide bonds. The van der Waals surface area contributed by atoms with E-state index >= 15 is 0 Å². The van der Waals surface area contributed by atoms with Crippen LogP contribution in [-0.2, 0) is 4.79 Å².